The molecule has 1 N–H and O–H groups in total. The van der Waals surface area contributed by atoms with Gasteiger partial charge < -0.3 is 5.32 Å². The van der Waals surface area contributed by atoms with Crippen LogP contribution in [0.5, 0.6) is 0 Å². The Bertz CT molecular complexity index is 568. The fraction of sp³-hybridized carbons (Fsp3) is 0.250. The van der Waals surface area contributed by atoms with Gasteiger partial charge in [0.2, 0.25) is 0 Å². The highest BCUT2D eigenvalue weighted by Crippen LogP contribution is 2.33. The molecule has 19 heavy (non-hydrogen) atoms. The summed E-state index contributed by atoms with van der Waals surface area (Å²) >= 11 is 9.89. The Morgan fingerprint density at radius 1 is 1.21 bits per heavy atom. The van der Waals surface area contributed by atoms with Crippen LogP contribution in [0, 0.1) is 0 Å². The Kier molecular flexibility index (Phi) is 5.03. The highest BCUT2D eigenvalue weighted by Gasteiger charge is 2.16. The lowest BCUT2D eigenvalue weighted by Gasteiger charge is -2.20. The molecule has 100 valence electrons. The molecule has 0 aromatic heterocycles. The van der Waals surface area contributed by atoms with Gasteiger partial charge in [0.15, 0.2) is 0 Å². The molecule has 1 unspecified atom stereocenters. The summed E-state index contributed by atoms with van der Waals surface area (Å²) in [6.45, 7) is 2.17. The molecule has 3 heteroatoms. The average molecular weight is 339 g/mol. The Labute approximate surface area is 128 Å². The maximum atomic E-state index is 6.40. The zero-order chi connectivity index (χ0) is 13.8. The van der Waals surface area contributed by atoms with E-state index >= 15 is 0 Å². The fourth-order valence-corrected chi connectivity index (χ4v) is 2.85. The molecule has 2 aromatic rings. The Morgan fingerprint density at radius 3 is 2.63 bits per heavy atom. The first kappa shape index (κ1) is 14.6. The molecule has 0 spiro atoms. The second kappa shape index (κ2) is 6.56. The summed E-state index contributed by atoms with van der Waals surface area (Å²) in [4.78, 5) is 0. The molecule has 0 saturated carbocycles. The quantitative estimate of drug-likeness (QED) is 0.829. The Hall–Kier alpha value is -0.830. The minimum absolute atomic E-state index is 0.108. The van der Waals surface area contributed by atoms with E-state index in [-0.39, 0.29) is 6.04 Å². The van der Waals surface area contributed by atoms with E-state index in [9.17, 15) is 0 Å². The van der Waals surface area contributed by atoms with E-state index in [1.54, 1.807) is 0 Å². The number of aryl methyl sites for hydroxylation is 1. The van der Waals surface area contributed by atoms with Crippen molar-refractivity contribution < 1.29 is 0 Å². The smallest absolute Gasteiger partial charge is 0.0599 e. The van der Waals surface area contributed by atoms with Crippen molar-refractivity contribution in [2.75, 3.05) is 7.05 Å². The van der Waals surface area contributed by atoms with Crippen LogP contribution in [-0.4, -0.2) is 7.05 Å². The third kappa shape index (κ3) is 3.19. The minimum Gasteiger partial charge on any atom is -0.309 e. The minimum atomic E-state index is 0.108. The van der Waals surface area contributed by atoms with E-state index in [2.05, 4.69) is 58.5 Å². The molecule has 2 aromatic carbocycles. The second-order valence-corrected chi connectivity index (χ2v) is 5.70. The predicted octanol–water partition coefficient (Wildman–Crippen LogP) is 4.97. The summed E-state index contributed by atoms with van der Waals surface area (Å²) in [7, 11) is 1.96. The van der Waals surface area contributed by atoms with Crippen LogP contribution in [0.3, 0.4) is 0 Å². The number of hydrogen-bond acceptors (Lipinski definition) is 1. The SMILES string of the molecule is CCc1cccc(C(NC)c2cccc(Br)c2Cl)c1. The number of nitrogens with one attached hydrogen (secondary N) is 1. The van der Waals surface area contributed by atoms with Crippen molar-refractivity contribution in [3.05, 3.63) is 68.7 Å². The van der Waals surface area contributed by atoms with Crippen LogP contribution in [0.2, 0.25) is 5.02 Å². The van der Waals surface area contributed by atoms with Crippen molar-refractivity contribution in [2.45, 2.75) is 19.4 Å². The molecule has 1 atom stereocenters. The molecule has 0 radical (unpaired) electrons. The van der Waals surface area contributed by atoms with Gasteiger partial charge in [-0.2, -0.15) is 0 Å². The molecule has 0 fully saturated rings. The molecular weight excluding hydrogens is 322 g/mol. The molecular formula is C16H17BrClN. The Morgan fingerprint density at radius 2 is 1.95 bits per heavy atom. The molecule has 0 aliphatic heterocycles. The van der Waals surface area contributed by atoms with Gasteiger partial charge in [-0.25, -0.2) is 0 Å². The van der Waals surface area contributed by atoms with E-state index in [4.69, 9.17) is 11.6 Å². The van der Waals surface area contributed by atoms with Gasteiger partial charge >= 0.3 is 0 Å². The van der Waals surface area contributed by atoms with Crippen LogP contribution >= 0.6 is 27.5 Å². The summed E-state index contributed by atoms with van der Waals surface area (Å²) < 4.78 is 0.929. The number of rotatable bonds is 4. The van der Waals surface area contributed by atoms with Crippen molar-refractivity contribution in [3.63, 3.8) is 0 Å². The number of hydrogen-bond donors (Lipinski definition) is 1. The first-order valence-electron chi connectivity index (χ1n) is 6.37. The van der Waals surface area contributed by atoms with Gasteiger partial charge in [0, 0.05) is 4.47 Å². The summed E-state index contributed by atoms with van der Waals surface area (Å²) in [6, 6.07) is 14.8. The lowest BCUT2D eigenvalue weighted by atomic mass is 9.96. The normalized spacial score (nSPS) is 12.4. The largest absolute Gasteiger partial charge is 0.309 e. The molecule has 1 nitrogen and oxygen atoms in total. The molecule has 0 amide bonds. The van der Waals surface area contributed by atoms with Crippen LogP contribution in [0.1, 0.15) is 29.7 Å². The summed E-state index contributed by atoms with van der Waals surface area (Å²) in [5.41, 5.74) is 3.66. The fourth-order valence-electron chi connectivity index (χ4n) is 2.24. The van der Waals surface area contributed by atoms with Crippen LogP contribution < -0.4 is 5.32 Å². The summed E-state index contributed by atoms with van der Waals surface area (Å²) in [5.74, 6) is 0. The van der Waals surface area contributed by atoms with E-state index in [0.29, 0.717) is 0 Å². The molecule has 0 bridgehead atoms. The van der Waals surface area contributed by atoms with E-state index in [1.165, 1.54) is 11.1 Å². The highest BCUT2D eigenvalue weighted by molar-refractivity contribution is 9.10. The topological polar surface area (TPSA) is 12.0 Å². The van der Waals surface area contributed by atoms with Crippen molar-refractivity contribution in [1.29, 1.82) is 0 Å². The molecule has 0 heterocycles. The number of benzene rings is 2. The predicted molar refractivity (Wildman–Crippen MR) is 85.9 cm³/mol. The first-order valence-corrected chi connectivity index (χ1v) is 7.54. The van der Waals surface area contributed by atoms with Gasteiger partial charge in [-0.15, -0.1) is 0 Å². The Balaban J connectivity index is 2.46. The highest BCUT2D eigenvalue weighted by atomic mass is 79.9. The lowest BCUT2D eigenvalue weighted by molar-refractivity contribution is 0.690. The van der Waals surface area contributed by atoms with Crippen molar-refractivity contribution in [2.24, 2.45) is 0 Å². The average Bonchev–Trinajstić information content (AvgIpc) is 2.44. The lowest BCUT2D eigenvalue weighted by Crippen LogP contribution is -2.18. The zero-order valence-electron chi connectivity index (χ0n) is 11.1. The van der Waals surface area contributed by atoms with Crippen molar-refractivity contribution in [3.8, 4) is 0 Å². The first-order chi connectivity index (χ1) is 9.17. The third-order valence-electron chi connectivity index (χ3n) is 3.27. The second-order valence-electron chi connectivity index (χ2n) is 4.46. The standard InChI is InChI=1S/C16H17BrClN/c1-3-11-6-4-7-12(10-11)16(19-2)13-8-5-9-14(17)15(13)18/h4-10,16,19H,3H2,1-2H3. The van der Waals surface area contributed by atoms with E-state index in [0.717, 1.165) is 21.5 Å². The van der Waals surface area contributed by atoms with Crippen LogP contribution in [0.4, 0.5) is 0 Å². The van der Waals surface area contributed by atoms with Gasteiger partial charge in [0.05, 0.1) is 11.1 Å². The summed E-state index contributed by atoms with van der Waals surface area (Å²) in [5, 5.41) is 4.12. The summed E-state index contributed by atoms with van der Waals surface area (Å²) in [6.07, 6.45) is 1.04. The number of halogens is 2. The zero-order valence-corrected chi connectivity index (χ0v) is 13.4. The van der Waals surface area contributed by atoms with Gasteiger partial charge in [0.25, 0.3) is 0 Å². The van der Waals surface area contributed by atoms with Crippen LogP contribution in [-0.2, 0) is 6.42 Å². The maximum Gasteiger partial charge on any atom is 0.0599 e. The van der Waals surface area contributed by atoms with Gasteiger partial charge in [-0.1, -0.05) is 54.9 Å². The van der Waals surface area contributed by atoms with Crippen molar-refractivity contribution >= 4 is 27.5 Å². The monoisotopic (exact) mass is 337 g/mol. The van der Waals surface area contributed by atoms with E-state index in [1.807, 2.05) is 19.2 Å². The third-order valence-corrected chi connectivity index (χ3v) is 4.58. The molecule has 0 aliphatic rings. The van der Waals surface area contributed by atoms with Crippen molar-refractivity contribution in [1.82, 2.24) is 5.32 Å². The molecule has 0 saturated heterocycles. The van der Waals surface area contributed by atoms with Gasteiger partial charge in [-0.3, -0.25) is 0 Å². The maximum absolute atomic E-state index is 6.40. The van der Waals surface area contributed by atoms with Gasteiger partial charge in [-0.05, 0) is 52.2 Å². The van der Waals surface area contributed by atoms with Crippen LogP contribution in [0.25, 0.3) is 0 Å². The van der Waals surface area contributed by atoms with Gasteiger partial charge in [0.1, 0.15) is 0 Å². The van der Waals surface area contributed by atoms with Crippen LogP contribution in [0.15, 0.2) is 46.9 Å². The van der Waals surface area contributed by atoms with E-state index < -0.39 is 0 Å². The molecule has 2 rings (SSSR count). The molecule has 0 aliphatic carbocycles.